The molecular formula is C22H21NO4. The van der Waals surface area contributed by atoms with Gasteiger partial charge >= 0.3 is 0 Å². The third-order valence-corrected chi connectivity index (χ3v) is 5.35. The predicted molar refractivity (Wildman–Crippen MR) is 103 cm³/mol. The fraction of sp³-hybridized carbons (Fsp3) is 0.318. The number of anilines is 1. The molecule has 3 aliphatic heterocycles. The second kappa shape index (κ2) is 6.65. The lowest BCUT2D eigenvalue weighted by Gasteiger charge is -2.28. The van der Waals surface area contributed by atoms with Crippen molar-refractivity contribution in [3.8, 4) is 17.2 Å². The van der Waals surface area contributed by atoms with Gasteiger partial charge in [-0.15, -0.1) is 0 Å². The molecule has 3 aliphatic rings. The van der Waals surface area contributed by atoms with Gasteiger partial charge in [-0.1, -0.05) is 12.1 Å². The highest BCUT2D eigenvalue weighted by Crippen LogP contribution is 2.40. The minimum atomic E-state index is -0.0188. The molecule has 2 aromatic rings. The average Bonchev–Trinajstić information content (AvgIpc) is 3.18. The minimum Gasteiger partial charge on any atom is -0.488 e. The van der Waals surface area contributed by atoms with Crippen LogP contribution < -0.4 is 19.1 Å². The Kier molecular flexibility index (Phi) is 4.00. The number of hydrogen-bond donors (Lipinski definition) is 0. The summed E-state index contributed by atoms with van der Waals surface area (Å²) in [5.74, 6) is 1.76. The first-order valence-electron chi connectivity index (χ1n) is 9.45. The largest absolute Gasteiger partial charge is 0.488 e. The second-order valence-corrected chi connectivity index (χ2v) is 7.13. The van der Waals surface area contributed by atoms with E-state index < -0.39 is 0 Å². The lowest BCUT2D eigenvalue weighted by Crippen LogP contribution is -2.29. The van der Waals surface area contributed by atoms with Crippen LogP contribution in [0.3, 0.4) is 0 Å². The Balaban J connectivity index is 1.38. The molecule has 5 heteroatoms. The van der Waals surface area contributed by atoms with Crippen LogP contribution in [-0.2, 0) is 0 Å². The van der Waals surface area contributed by atoms with E-state index in [9.17, 15) is 4.79 Å². The molecule has 3 heterocycles. The Labute approximate surface area is 158 Å². The van der Waals surface area contributed by atoms with E-state index in [0.717, 1.165) is 18.7 Å². The zero-order valence-electron chi connectivity index (χ0n) is 15.1. The third kappa shape index (κ3) is 3.03. The van der Waals surface area contributed by atoms with Crippen molar-refractivity contribution in [2.45, 2.75) is 19.3 Å². The van der Waals surface area contributed by atoms with Crippen molar-refractivity contribution >= 4 is 17.5 Å². The smallest absolute Gasteiger partial charge is 0.231 e. The van der Waals surface area contributed by atoms with Gasteiger partial charge in [0.15, 0.2) is 17.3 Å². The van der Waals surface area contributed by atoms with Crippen LogP contribution in [0.15, 0.2) is 42.0 Å². The highest BCUT2D eigenvalue weighted by atomic mass is 16.7. The first-order valence-corrected chi connectivity index (χ1v) is 9.45. The summed E-state index contributed by atoms with van der Waals surface area (Å²) in [4.78, 5) is 15.3. The van der Waals surface area contributed by atoms with Crippen LogP contribution in [0.1, 0.15) is 35.2 Å². The van der Waals surface area contributed by atoms with E-state index in [2.05, 4.69) is 29.2 Å². The number of nitrogens with zero attached hydrogens (tertiary/aromatic N) is 1. The summed E-state index contributed by atoms with van der Waals surface area (Å²) in [5.41, 5.74) is 3.43. The summed E-state index contributed by atoms with van der Waals surface area (Å²) >= 11 is 0. The molecule has 0 bridgehead atoms. The Morgan fingerprint density at radius 1 is 0.852 bits per heavy atom. The van der Waals surface area contributed by atoms with Gasteiger partial charge in [0.1, 0.15) is 12.4 Å². The summed E-state index contributed by atoms with van der Waals surface area (Å²) < 4.78 is 16.5. The minimum absolute atomic E-state index is 0.0188. The molecule has 0 N–H and O–H groups in total. The van der Waals surface area contributed by atoms with Crippen molar-refractivity contribution in [1.82, 2.24) is 0 Å². The van der Waals surface area contributed by atoms with E-state index in [1.165, 1.54) is 24.9 Å². The van der Waals surface area contributed by atoms with Crippen LogP contribution >= 0.6 is 0 Å². The van der Waals surface area contributed by atoms with E-state index in [1.807, 2.05) is 6.08 Å². The third-order valence-electron chi connectivity index (χ3n) is 5.35. The van der Waals surface area contributed by atoms with Crippen LogP contribution in [0.25, 0.3) is 6.08 Å². The molecule has 0 amide bonds. The van der Waals surface area contributed by atoms with Crippen LogP contribution in [-0.4, -0.2) is 32.3 Å². The van der Waals surface area contributed by atoms with Crippen molar-refractivity contribution in [3.05, 3.63) is 53.1 Å². The molecule has 5 nitrogen and oxygen atoms in total. The Bertz CT molecular complexity index is 911. The molecule has 5 rings (SSSR count). The predicted octanol–water partition coefficient (Wildman–Crippen LogP) is 4.06. The molecular weight excluding hydrogens is 342 g/mol. The molecule has 1 saturated heterocycles. The van der Waals surface area contributed by atoms with Crippen molar-refractivity contribution in [1.29, 1.82) is 0 Å². The van der Waals surface area contributed by atoms with E-state index in [0.29, 0.717) is 28.4 Å². The number of ether oxygens (including phenoxy) is 3. The number of benzene rings is 2. The molecule has 0 aromatic heterocycles. The van der Waals surface area contributed by atoms with Gasteiger partial charge < -0.3 is 19.1 Å². The number of hydrogen-bond acceptors (Lipinski definition) is 5. The van der Waals surface area contributed by atoms with Gasteiger partial charge in [-0.2, -0.15) is 0 Å². The van der Waals surface area contributed by atoms with Crippen molar-refractivity contribution in [2.24, 2.45) is 0 Å². The standard InChI is InChI=1S/C22H21NO4/c24-22-16(13-25-19-12-21-20(11-18(19)22)26-14-27-21)10-15-4-6-17(7-5-15)23-8-2-1-3-9-23/h4-7,10-12H,1-3,8-9,13-14H2. The zero-order chi connectivity index (χ0) is 18.2. The number of ketones is 1. The van der Waals surface area contributed by atoms with Gasteiger partial charge in [0, 0.05) is 30.4 Å². The molecule has 0 spiro atoms. The molecule has 0 atom stereocenters. The van der Waals surface area contributed by atoms with E-state index in [1.54, 1.807) is 12.1 Å². The SMILES string of the molecule is O=C1C(=Cc2ccc(N3CCCCC3)cc2)COc2cc3c(cc21)OCO3. The summed E-state index contributed by atoms with van der Waals surface area (Å²) in [6.07, 6.45) is 5.76. The Morgan fingerprint density at radius 3 is 2.37 bits per heavy atom. The first-order chi connectivity index (χ1) is 13.3. The van der Waals surface area contributed by atoms with Gasteiger partial charge in [0.05, 0.1) is 5.56 Å². The molecule has 0 saturated carbocycles. The second-order valence-electron chi connectivity index (χ2n) is 7.13. The van der Waals surface area contributed by atoms with Crippen LogP contribution in [0.4, 0.5) is 5.69 Å². The number of carbonyl (C=O) groups excluding carboxylic acids is 1. The lowest BCUT2D eigenvalue weighted by atomic mass is 9.98. The van der Waals surface area contributed by atoms with Crippen molar-refractivity contribution in [2.75, 3.05) is 31.4 Å². The topological polar surface area (TPSA) is 48.0 Å². The average molecular weight is 363 g/mol. The van der Waals surface area contributed by atoms with Crippen molar-refractivity contribution in [3.63, 3.8) is 0 Å². The Morgan fingerprint density at radius 2 is 1.59 bits per heavy atom. The van der Waals surface area contributed by atoms with Gasteiger partial charge in [-0.05, 0) is 49.1 Å². The molecule has 27 heavy (non-hydrogen) atoms. The van der Waals surface area contributed by atoms with Gasteiger partial charge in [-0.25, -0.2) is 0 Å². The highest BCUT2D eigenvalue weighted by molar-refractivity contribution is 6.14. The Hall–Kier alpha value is -2.95. The molecule has 0 radical (unpaired) electrons. The fourth-order valence-corrected chi connectivity index (χ4v) is 3.86. The highest BCUT2D eigenvalue weighted by Gasteiger charge is 2.27. The number of fused-ring (bicyclic) bond motifs is 2. The van der Waals surface area contributed by atoms with Gasteiger partial charge in [0.25, 0.3) is 0 Å². The normalized spacial score (nSPS) is 19.8. The lowest BCUT2D eigenvalue weighted by molar-refractivity contribution is 0.100. The summed E-state index contributed by atoms with van der Waals surface area (Å²) in [7, 11) is 0. The fourth-order valence-electron chi connectivity index (χ4n) is 3.86. The van der Waals surface area contributed by atoms with E-state index in [4.69, 9.17) is 14.2 Å². The quantitative estimate of drug-likeness (QED) is 0.753. The molecule has 138 valence electrons. The first kappa shape index (κ1) is 16.2. The zero-order valence-corrected chi connectivity index (χ0v) is 15.1. The number of carbonyl (C=O) groups is 1. The molecule has 1 fully saturated rings. The summed E-state index contributed by atoms with van der Waals surface area (Å²) in [6.45, 7) is 2.69. The maximum absolute atomic E-state index is 12.9. The van der Waals surface area contributed by atoms with Gasteiger partial charge in [-0.3, -0.25) is 4.79 Å². The molecule has 0 unspecified atom stereocenters. The monoisotopic (exact) mass is 363 g/mol. The van der Waals surface area contributed by atoms with Crippen LogP contribution in [0.2, 0.25) is 0 Å². The maximum atomic E-state index is 12.9. The summed E-state index contributed by atoms with van der Waals surface area (Å²) in [5, 5.41) is 0. The van der Waals surface area contributed by atoms with E-state index >= 15 is 0 Å². The molecule has 2 aromatic carbocycles. The van der Waals surface area contributed by atoms with Gasteiger partial charge in [0.2, 0.25) is 6.79 Å². The van der Waals surface area contributed by atoms with Crippen molar-refractivity contribution < 1.29 is 19.0 Å². The number of rotatable bonds is 2. The van der Waals surface area contributed by atoms with E-state index in [-0.39, 0.29) is 19.2 Å². The summed E-state index contributed by atoms with van der Waals surface area (Å²) in [6, 6.07) is 11.9. The molecule has 0 aliphatic carbocycles. The maximum Gasteiger partial charge on any atom is 0.231 e. The van der Waals surface area contributed by atoms with Crippen LogP contribution in [0, 0.1) is 0 Å². The number of piperidine rings is 1. The van der Waals surface area contributed by atoms with Crippen LogP contribution in [0.5, 0.6) is 17.2 Å². The number of Topliss-reactive ketones (excluding diaryl/α,β-unsaturated/α-hetero) is 1.